The molecule has 0 aromatic carbocycles. The third-order valence-corrected chi connectivity index (χ3v) is 1.29. The second-order valence-electron chi connectivity index (χ2n) is 2.11. The summed E-state index contributed by atoms with van der Waals surface area (Å²) in [6.07, 6.45) is 0.933. The van der Waals surface area contributed by atoms with Crippen molar-refractivity contribution in [2.24, 2.45) is 5.73 Å². The normalized spacial score (nSPS) is 13.2. The van der Waals surface area contributed by atoms with Crippen molar-refractivity contribution in [2.75, 3.05) is 13.7 Å². The van der Waals surface area contributed by atoms with Crippen LogP contribution in [0.25, 0.3) is 0 Å². The average Bonchev–Trinajstić information content (AvgIpc) is 1.87. The van der Waals surface area contributed by atoms with Crippen LogP contribution in [0, 0.1) is 0 Å². The highest BCUT2D eigenvalue weighted by atomic mass is 16.5. The molecule has 0 amide bonds. The third kappa shape index (κ3) is 3.27. The van der Waals surface area contributed by atoms with Gasteiger partial charge in [-0.1, -0.05) is 13.5 Å². The molecule has 0 fully saturated rings. The summed E-state index contributed by atoms with van der Waals surface area (Å²) in [5.41, 5.74) is 6.60. The van der Waals surface area contributed by atoms with Gasteiger partial charge < -0.3 is 10.5 Å². The molecule has 0 aliphatic heterocycles. The van der Waals surface area contributed by atoms with Crippen LogP contribution in [0.15, 0.2) is 12.2 Å². The fraction of sp³-hybridized carbons (Fsp3) is 0.714. The van der Waals surface area contributed by atoms with Crippen molar-refractivity contribution in [3.63, 3.8) is 0 Å². The summed E-state index contributed by atoms with van der Waals surface area (Å²) in [4.78, 5) is 0. The topological polar surface area (TPSA) is 35.2 Å². The van der Waals surface area contributed by atoms with E-state index in [9.17, 15) is 0 Å². The molecule has 0 saturated heterocycles. The van der Waals surface area contributed by atoms with E-state index in [0.29, 0.717) is 6.61 Å². The van der Waals surface area contributed by atoms with Gasteiger partial charge in [0, 0.05) is 13.2 Å². The number of methoxy groups -OCH3 is 1. The van der Waals surface area contributed by atoms with Crippen LogP contribution in [0.3, 0.4) is 0 Å². The second-order valence-corrected chi connectivity index (χ2v) is 2.11. The first-order valence-electron chi connectivity index (χ1n) is 3.14. The highest BCUT2D eigenvalue weighted by Gasteiger charge is 2.01. The van der Waals surface area contributed by atoms with Crippen LogP contribution < -0.4 is 5.73 Å². The molecule has 0 bridgehead atoms. The van der Waals surface area contributed by atoms with E-state index in [4.69, 9.17) is 10.5 Å². The smallest absolute Gasteiger partial charge is 0.0685 e. The minimum atomic E-state index is 0.102. The number of hydrogen-bond donors (Lipinski definition) is 1. The predicted octanol–water partition coefficient (Wildman–Crippen LogP) is 0.926. The molecule has 0 aliphatic carbocycles. The standard InChI is InChI=1S/C7H15NO/c1-4-7(8)6(2)5-9-3/h7H,2,4-5,8H2,1,3H3. The lowest BCUT2D eigenvalue weighted by atomic mass is 10.1. The van der Waals surface area contributed by atoms with Gasteiger partial charge in [-0.3, -0.25) is 0 Å². The van der Waals surface area contributed by atoms with E-state index < -0.39 is 0 Å². The van der Waals surface area contributed by atoms with Crippen molar-refractivity contribution in [1.29, 1.82) is 0 Å². The largest absolute Gasteiger partial charge is 0.380 e. The summed E-state index contributed by atoms with van der Waals surface area (Å²) in [7, 11) is 1.65. The summed E-state index contributed by atoms with van der Waals surface area (Å²) in [5, 5.41) is 0. The van der Waals surface area contributed by atoms with Crippen LogP contribution >= 0.6 is 0 Å². The van der Waals surface area contributed by atoms with E-state index in [1.165, 1.54) is 0 Å². The van der Waals surface area contributed by atoms with Gasteiger partial charge in [0.05, 0.1) is 6.61 Å². The predicted molar refractivity (Wildman–Crippen MR) is 39.3 cm³/mol. The highest BCUT2D eigenvalue weighted by Crippen LogP contribution is 1.99. The summed E-state index contributed by atoms with van der Waals surface area (Å²) in [5.74, 6) is 0. The molecule has 0 saturated carbocycles. The molecule has 0 rings (SSSR count). The molecule has 9 heavy (non-hydrogen) atoms. The van der Waals surface area contributed by atoms with Gasteiger partial charge in [-0.15, -0.1) is 0 Å². The number of rotatable bonds is 4. The zero-order valence-corrected chi connectivity index (χ0v) is 6.18. The summed E-state index contributed by atoms with van der Waals surface area (Å²) >= 11 is 0. The number of hydrogen-bond acceptors (Lipinski definition) is 2. The van der Waals surface area contributed by atoms with Gasteiger partial charge in [0.2, 0.25) is 0 Å². The van der Waals surface area contributed by atoms with Crippen molar-refractivity contribution >= 4 is 0 Å². The van der Waals surface area contributed by atoms with Crippen LogP contribution in [-0.4, -0.2) is 19.8 Å². The minimum absolute atomic E-state index is 0.102. The lowest BCUT2D eigenvalue weighted by Gasteiger charge is -2.10. The van der Waals surface area contributed by atoms with Gasteiger partial charge in [-0.25, -0.2) is 0 Å². The summed E-state index contributed by atoms with van der Waals surface area (Å²) < 4.78 is 4.85. The Labute approximate surface area is 56.7 Å². The molecule has 2 nitrogen and oxygen atoms in total. The molecule has 0 heterocycles. The molecule has 2 heteroatoms. The van der Waals surface area contributed by atoms with E-state index >= 15 is 0 Å². The highest BCUT2D eigenvalue weighted by molar-refractivity contribution is 5.03. The molecule has 2 N–H and O–H groups in total. The molecule has 0 aromatic heterocycles. The molecule has 0 radical (unpaired) electrons. The monoisotopic (exact) mass is 129 g/mol. The van der Waals surface area contributed by atoms with E-state index in [-0.39, 0.29) is 6.04 Å². The Morgan fingerprint density at radius 3 is 2.67 bits per heavy atom. The maximum atomic E-state index is 5.62. The first-order chi connectivity index (χ1) is 4.22. The van der Waals surface area contributed by atoms with Gasteiger partial charge in [-0.05, 0) is 12.0 Å². The molecule has 0 aromatic rings. The molecule has 0 aliphatic rings. The van der Waals surface area contributed by atoms with E-state index in [1.54, 1.807) is 7.11 Å². The van der Waals surface area contributed by atoms with Crippen molar-refractivity contribution in [3.8, 4) is 0 Å². The SMILES string of the molecule is C=C(COC)C(N)CC. The van der Waals surface area contributed by atoms with Gasteiger partial charge >= 0.3 is 0 Å². The van der Waals surface area contributed by atoms with Crippen molar-refractivity contribution in [1.82, 2.24) is 0 Å². The quantitative estimate of drug-likeness (QED) is 0.573. The van der Waals surface area contributed by atoms with Crippen molar-refractivity contribution in [2.45, 2.75) is 19.4 Å². The Bertz CT molecular complexity index is 90.9. The maximum Gasteiger partial charge on any atom is 0.0685 e. The van der Waals surface area contributed by atoms with Gasteiger partial charge in [-0.2, -0.15) is 0 Å². The Kier molecular flexibility index (Phi) is 4.36. The Balaban J connectivity index is 3.46. The third-order valence-electron chi connectivity index (χ3n) is 1.29. The zero-order valence-electron chi connectivity index (χ0n) is 6.18. The number of nitrogens with two attached hydrogens (primary N) is 1. The van der Waals surface area contributed by atoms with Gasteiger partial charge in [0.25, 0.3) is 0 Å². The van der Waals surface area contributed by atoms with Crippen LogP contribution in [0.5, 0.6) is 0 Å². The fourth-order valence-corrected chi connectivity index (χ4v) is 0.581. The lowest BCUT2D eigenvalue weighted by molar-refractivity contribution is 0.221. The molecular formula is C7H15NO. The molecular weight excluding hydrogens is 114 g/mol. The minimum Gasteiger partial charge on any atom is -0.380 e. The first-order valence-corrected chi connectivity index (χ1v) is 3.14. The van der Waals surface area contributed by atoms with Crippen molar-refractivity contribution < 1.29 is 4.74 Å². The van der Waals surface area contributed by atoms with Gasteiger partial charge in [0.15, 0.2) is 0 Å². The second kappa shape index (κ2) is 4.53. The summed E-state index contributed by atoms with van der Waals surface area (Å²) in [6.45, 7) is 6.38. The maximum absolute atomic E-state index is 5.62. The van der Waals surface area contributed by atoms with Crippen LogP contribution in [-0.2, 0) is 4.74 Å². The van der Waals surface area contributed by atoms with E-state index in [1.807, 2.05) is 6.92 Å². The van der Waals surface area contributed by atoms with Crippen molar-refractivity contribution in [3.05, 3.63) is 12.2 Å². The zero-order chi connectivity index (χ0) is 7.28. The molecule has 0 spiro atoms. The Morgan fingerprint density at radius 1 is 1.78 bits per heavy atom. The molecule has 1 atom stereocenters. The Hall–Kier alpha value is -0.340. The van der Waals surface area contributed by atoms with Crippen LogP contribution in [0.2, 0.25) is 0 Å². The summed E-state index contributed by atoms with van der Waals surface area (Å²) in [6, 6.07) is 0.102. The van der Waals surface area contributed by atoms with Gasteiger partial charge in [0.1, 0.15) is 0 Å². The Morgan fingerprint density at radius 2 is 2.33 bits per heavy atom. The van der Waals surface area contributed by atoms with E-state index in [2.05, 4.69) is 6.58 Å². The van der Waals surface area contributed by atoms with Crippen LogP contribution in [0.4, 0.5) is 0 Å². The molecule has 1 unspecified atom stereocenters. The van der Waals surface area contributed by atoms with E-state index in [0.717, 1.165) is 12.0 Å². The lowest BCUT2D eigenvalue weighted by Crippen LogP contribution is -2.23. The fourth-order valence-electron chi connectivity index (χ4n) is 0.581. The first kappa shape index (κ1) is 8.66. The van der Waals surface area contributed by atoms with Crippen LogP contribution in [0.1, 0.15) is 13.3 Å². The molecule has 54 valence electrons. The number of ether oxygens (including phenoxy) is 1. The average molecular weight is 129 g/mol.